The molecule has 0 heterocycles. The summed E-state index contributed by atoms with van der Waals surface area (Å²) < 4.78 is 26.6. The molecule has 1 N–H and O–H groups in total. The van der Waals surface area contributed by atoms with Gasteiger partial charge in [0.1, 0.15) is 11.6 Å². The van der Waals surface area contributed by atoms with Gasteiger partial charge < -0.3 is 15.1 Å². The molecule has 0 aliphatic rings. The fraction of sp³-hybridized carbons (Fsp3) is 0.316. The molecule has 0 spiro atoms. The third-order valence-corrected chi connectivity index (χ3v) is 3.82. The van der Waals surface area contributed by atoms with Gasteiger partial charge in [0.2, 0.25) is 0 Å². The first kappa shape index (κ1) is 18.9. The number of carbonyl (C=O) groups is 1. The number of anilines is 1. The van der Waals surface area contributed by atoms with Crippen LogP contribution in [-0.4, -0.2) is 43.5 Å². The van der Waals surface area contributed by atoms with Crippen LogP contribution in [0.5, 0.6) is 0 Å². The van der Waals surface area contributed by atoms with Crippen molar-refractivity contribution in [2.24, 2.45) is 0 Å². The van der Waals surface area contributed by atoms with Crippen molar-refractivity contribution in [3.63, 3.8) is 0 Å². The summed E-state index contributed by atoms with van der Waals surface area (Å²) >= 11 is 0. The normalized spacial score (nSPS) is 10.8. The molecule has 6 heteroatoms. The molecule has 0 bridgehead atoms. The first-order chi connectivity index (χ1) is 11.8. The number of halogens is 2. The molecule has 2 rings (SSSR count). The van der Waals surface area contributed by atoms with Crippen molar-refractivity contribution in [2.75, 3.05) is 33.0 Å². The third-order valence-electron chi connectivity index (χ3n) is 3.82. The largest absolute Gasteiger partial charge is 0.323 e. The molecule has 0 saturated heterocycles. The number of nitrogens with zero attached hydrogens (tertiary/aromatic N) is 2. The molecule has 0 unspecified atom stereocenters. The topological polar surface area (TPSA) is 35.6 Å². The zero-order chi connectivity index (χ0) is 18.4. The molecule has 0 radical (unpaired) electrons. The number of hydrogen-bond donors (Lipinski definition) is 1. The number of benzene rings is 2. The fourth-order valence-corrected chi connectivity index (χ4v) is 2.30. The predicted molar refractivity (Wildman–Crippen MR) is 95.5 cm³/mol. The molecule has 0 aliphatic heterocycles. The van der Waals surface area contributed by atoms with Gasteiger partial charge in [0.25, 0.3) is 0 Å². The van der Waals surface area contributed by atoms with E-state index in [1.165, 1.54) is 22.6 Å². The summed E-state index contributed by atoms with van der Waals surface area (Å²) in [5.41, 5.74) is 2.12. The van der Waals surface area contributed by atoms with E-state index in [-0.39, 0.29) is 18.1 Å². The highest BCUT2D eigenvalue weighted by molar-refractivity contribution is 5.89. The summed E-state index contributed by atoms with van der Waals surface area (Å²) in [4.78, 5) is 15.7. The number of urea groups is 1. The van der Waals surface area contributed by atoms with Crippen LogP contribution in [0.25, 0.3) is 0 Å². The maximum absolute atomic E-state index is 13.7. The van der Waals surface area contributed by atoms with Crippen LogP contribution >= 0.6 is 0 Å². The number of likely N-dealkylation sites (N-methyl/N-ethyl adjacent to an activating group) is 1. The monoisotopic (exact) mass is 347 g/mol. The minimum atomic E-state index is -0.662. The fourth-order valence-electron chi connectivity index (χ4n) is 2.30. The average molecular weight is 347 g/mol. The van der Waals surface area contributed by atoms with Crippen molar-refractivity contribution in [3.8, 4) is 0 Å². The van der Waals surface area contributed by atoms with Crippen molar-refractivity contribution < 1.29 is 13.6 Å². The van der Waals surface area contributed by atoms with E-state index in [0.29, 0.717) is 5.69 Å². The number of hydrogen-bond acceptors (Lipinski definition) is 2. The molecular formula is C19H23F2N3O. The van der Waals surface area contributed by atoms with Crippen molar-refractivity contribution in [1.29, 1.82) is 0 Å². The second kappa shape index (κ2) is 8.58. The lowest BCUT2D eigenvalue weighted by Crippen LogP contribution is -2.31. The Labute approximate surface area is 147 Å². The summed E-state index contributed by atoms with van der Waals surface area (Å²) in [7, 11) is 5.60. The van der Waals surface area contributed by atoms with E-state index in [2.05, 4.69) is 10.2 Å². The van der Waals surface area contributed by atoms with E-state index < -0.39 is 11.6 Å². The van der Waals surface area contributed by atoms with E-state index in [1.807, 2.05) is 38.4 Å². The lowest BCUT2D eigenvalue weighted by atomic mass is 10.1. The van der Waals surface area contributed by atoms with Gasteiger partial charge >= 0.3 is 6.03 Å². The molecule has 25 heavy (non-hydrogen) atoms. The van der Waals surface area contributed by atoms with Gasteiger partial charge in [-0.1, -0.05) is 18.2 Å². The van der Waals surface area contributed by atoms with E-state index >= 15 is 0 Å². The average Bonchev–Trinajstić information content (AvgIpc) is 2.56. The second-order valence-corrected chi connectivity index (χ2v) is 6.27. The summed E-state index contributed by atoms with van der Waals surface area (Å²) in [5.74, 6) is -1.30. The Balaban J connectivity index is 1.92. The van der Waals surface area contributed by atoms with Crippen LogP contribution in [0.4, 0.5) is 19.3 Å². The molecule has 2 amide bonds. The first-order valence-electron chi connectivity index (χ1n) is 8.05. The van der Waals surface area contributed by atoms with Crippen molar-refractivity contribution in [1.82, 2.24) is 9.80 Å². The van der Waals surface area contributed by atoms with Crippen LogP contribution in [-0.2, 0) is 13.0 Å². The summed E-state index contributed by atoms with van der Waals surface area (Å²) in [5, 5.41) is 2.76. The van der Waals surface area contributed by atoms with Gasteiger partial charge in [-0.2, -0.15) is 0 Å². The highest BCUT2D eigenvalue weighted by Crippen LogP contribution is 2.14. The molecule has 0 aromatic heterocycles. The Morgan fingerprint density at radius 2 is 1.72 bits per heavy atom. The van der Waals surface area contributed by atoms with E-state index in [9.17, 15) is 13.6 Å². The van der Waals surface area contributed by atoms with Crippen molar-refractivity contribution in [2.45, 2.75) is 13.0 Å². The minimum Gasteiger partial charge on any atom is -0.323 e. The van der Waals surface area contributed by atoms with Gasteiger partial charge in [-0.05, 0) is 44.3 Å². The Kier molecular flexibility index (Phi) is 6.47. The van der Waals surface area contributed by atoms with Gasteiger partial charge in [0.05, 0.1) is 0 Å². The van der Waals surface area contributed by atoms with Crippen LogP contribution in [0, 0.1) is 11.6 Å². The second-order valence-electron chi connectivity index (χ2n) is 6.27. The maximum Gasteiger partial charge on any atom is 0.321 e. The Morgan fingerprint density at radius 1 is 1.04 bits per heavy atom. The van der Waals surface area contributed by atoms with Crippen LogP contribution < -0.4 is 5.32 Å². The van der Waals surface area contributed by atoms with Crippen molar-refractivity contribution in [3.05, 3.63) is 65.2 Å². The molecule has 134 valence electrons. The van der Waals surface area contributed by atoms with Crippen LogP contribution in [0.15, 0.2) is 42.5 Å². The molecule has 0 aliphatic carbocycles. The summed E-state index contributed by atoms with van der Waals surface area (Å²) in [6.45, 7) is 1.01. The molecule has 4 nitrogen and oxygen atoms in total. The first-order valence-corrected chi connectivity index (χ1v) is 8.05. The minimum absolute atomic E-state index is 0.0544. The van der Waals surface area contributed by atoms with Crippen LogP contribution in [0.3, 0.4) is 0 Å². The van der Waals surface area contributed by atoms with Crippen molar-refractivity contribution >= 4 is 11.7 Å². The number of amides is 2. The maximum atomic E-state index is 13.7. The highest BCUT2D eigenvalue weighted by Gasteiger charge is 2.12. The SMILES string of the molecule is CN(C)CCc1ccc(NC(=O)N(C)Cc2ccc(F)cc2F)cc1. The van der Waals surface area contributed by atoms with E-state index in [0.717, 1.165) is 19.0 Å². The van der Waals surface area contributed by atoms with Gasteiger partial charge in [-0.15, -0.1) is 0 Å². The lowest BCUT2D eigenvalue weighted by Gasteiger charge is -2.18. The molecule has 0 saturated carbocycles. The number of carbonyl (C=O) groups excluding carboxylic acids is 1. The van der Waals surface area contributed by atoms with Gasteiger partial charge in [-0.25, -0.2) is 13.6 Å². The lowest BCUT2D eigenvalue weighted by molar-refractivity contribution is 0.220. The van der Waals surface area contributed by atoms with Gasteiger partial charge in [-0.3, -0.25) is 0 Å². The molecule has 0 fully saturated rings. The number of rotatable bonds is 6. The zero-order valence-electron chi connectivity index (χ0n) is 14.7. The predicted octanol–water partition coefficient (Wildman–Crippen LogP) is 3.73. The quantitative estimate of drug-likeness (QED) is 0.864. The zero-order valence-corrected chi connectivity index (χ0v) is 14.7. The Morgan fingerprint density at radius 3 is 2.32 bits per heavy atom. The standard InChI is InChI=1S/C19H23F2N3O/c1-23(2)11-10-14-4-8-17(9-5-14)22-19(25)24(3)13-15-6-7-16(20)12-18(15)21/h4-9,12H,10-11,13H2,1-3H3,(H,22,25). The smallest absolute Gasteiger partial charge is 0.321 e. The van der Waals surface area contributed by atoms with E-state index in [4.69, 9.17) is 0 Å². The summed E-state index contributed by atoms with van der Waals surface area (Å²) in [6, 6.07) is 10.6. The molecule has 2 aromatic carbocycles. The van der Waals surface area contributed by atoms with Crippen LogP contribution in [0.1, 0.15) is 11.1 Å². The summed E-state index contributed by atoms with van der Waals surface area (Å²) in [6.07, 6.45) is 0.935. The Bertz CT molecular complexity index is 717. The van der Waals surface area contributed by atoms with Crippen LogP contribution in [0.2, 0.25) is 0 Å². The molecular weight excluding hydrogens is 324 g/mol. The van der Waals surface area contributed by atoms with Gasteiger partial charge in [0.15, 0.2) is 0 Å². The molecule has 2 aromatic rings. The number of nitrogens with one attached hydrogen (secondary N) is 1. The highest BCUT2D eigenvalue weighted by atomic mass is 19.1. The van der Waals surface area contributed by atoms with Gasteiger partial charge in [0, 0.05) is 37.5 Å². The third kappa shape index (κ3) is 5.83. The molecule has 0 atom stereocenters. The Hall–Kier alpha value is -2.47. The van der Waals surface area contributed by atoms with E-state index in [1.54, 1.807) is 7.05 Å².